The number of halogens is 3. The minimum absolute atomic E-state index is 0.0493. The van der Waals surface area contributed by atoms with Crippen LogP contribution >= 0.6 is 23.2 Å². The Bertz CT molecular complexity index is 1200. The molecule has 1 N–H and O–H groups in total. The molecule has 5 nitrogen and oxygen atoms in total. The van der Waals surface area contributed by atoms with Crippen LogP contribution in [0.5, 0.6) is 0 Å². The number of hydrogen-bond acceptors (Lipinski definition) is 4. The maximum atomic E-state index is 14.7. The highest BCUT2D eigenvalue weighted by molar-refractivity contribution is 6.42. The summed E-state index contributed by atoms with van der Waals surface area (Å²) in [6.45, 7) is 2.91. The zero-order valence-corrected chi connectivity index (χ0v) is 17.6. The van der Waals surface area contributed by atoms with Crippen LogP contribution in [0.1, 0.15) is 19.8 Å². The van der Waals surface area contributed by atoms with E-state index in [1.54, 1.807) is 18.2 Å². The summed E-state index contributed by atoms with van der Waals surface area (Å²) in [4.78, 5) is 22.1. The van der Waals surface area contributed by atoms with E-state index < -0.39 is 11.8 Å². The predicted molar refractivity (Wildman–Crippen MR) is 115 cm³/mol. The number of hydrogen-bond donors (Lipinski definition) is 1. The molecular weight excluding hydrogens is 428 g/mol. The van der Waals surface area contributed by atoms with Crippen molar-refractivity contribution in [2.45, 2.75) is 25.8 Å². The van der Waals surface area contributed by atoms with Gasteiger partial charge in [-0.05, 0) is 41.7 Å². The van der Waals surface area contributed by atoms with Gasteiger partial charge in [-0.25, -0.2) is 14.4 Å². The van der Waals surface area contributed by atoms with Gasteiger partial charge in [-0.3, -0.25) is 4.79 Å². The van der Waals surface area contributed by atoms with Crippen molar-refractivity contribution in [1.82, 2.24) is 9.97 Å². The summed E-state index contributed by atoms with van der Waals surface area (Å²) in [7, 11) is 0. The van der Waals surface area contributed by atoms with Gasteiger partial charge in [0.1, 0.15) is 23.5 Å². The van der Waals surface area contributed by atoms with E-state index in [4.69, 9.17) is 23.2 Å². The van der Waals surface area contributed by atoms with Gasteiger partial charge in [-0.2, -0.15) is 0 Å². The molecule has 2 heterocycles. The lowest BCUT2D eigenvalue weighted by atomic mass is 9.51. The summed E-state index contributed by atoms with van der Waals surface area (Å²) in [6, 6.07) is 8.41. The Balaban J connectivity index is 1.66. The van der Waals surface area contributed by atoms with Crippen LogP contribution in [-0.2, 0) is 4.79 Å². The Morgan fingerprint density at radius 2 is 2.07 bits per heavy atom. The van der Waals surface area contributed by atoms with Crippen molar-refractivity contribution in [2.24, 2.45) is 11.3 Å². The molecule has 1 aliphatic heterocycles. The van der Waals surface area contributed by atoms with Crippen LogP contribution in [0.25, 0.3) is 22.0 Å². The van der Waals surface area contributed by atoms with Crippen LogP contribution in [0.3, 0.4) is 0 Å². The van der Waals surface area contributed by atoms with Gasteiger partial charge in [0, 0.05) is 18.0 Å². The van der Waals surface area contributed by atoms with Gasteiger partial charge in [-0.15, -0.1) is 0 Å². The number of carboxylic acids is 1. The fourth-order valence-corrected chi connectivity index (χ4v) is 5.56. The van der Waals surface area contributed by atoms with Crippen molar-refractivity contribution in [3.63, 3.8) is 0 Å². The molecule has 0 radical (unpaired) electrons. The third kappa shape index (κ3) is 2.85. The summed E-state index contributed by atoms with van der Waals surface area (Å²) < 4.78 is 14.7. The first kappa shape index (κ1) is 19.5. The van der Waals surface area contributed by atoms with Gasteiger partial charge in [0.2, 0.25) is 0 Å². The molecule has 0 bridgehead atoms. The first-order chi connectivity index (χ1) is 14.3. The van der Waals surface area contributed by atoms with Gasteiger partial charge < -0.3 is 10.0 Å². The molecule has 1 aliphatic carbocycles. The van der Waals surface area contributed by atoms with Crippen molar-refractivity contribution in [3.05, 3.63) is 52.5 Å². The highest BCUT2D eigenvalue weighted by Crippen LogP contribution is 2.59. The van der Waals surface area contributed by atoms with Crippen LogP contribution in [0, 0.1) is 17.2 Å². The fourth-order valence-electron chi connectivity index (χ4n) is 5.26. The second-order valence-electron chi connectivity index (χ2n) is 8.43. The Hall–Kier alpha value is -2.44. The SMILES string of the molecule is CC12CC(CC(=O)O)C1N(c1ncnc3c(F)ccc(-c4ccc(Cl)c(Cl)c4)c13)C2. The number of anilines is 1. The average Bonchev–Trinajstić information content (AvgIpc) is 2.68. The van der Waals surface area contributed by atoms with E-state index in [0.29, 0.717) is 21.2 Å². The first-order valence-corrected chi connectivity index (χ1v) is 10.4. The second kappa shape index (κ2) is 6.79. The van der Waals surface area contributed by atoms with E-state index >= 15 is 0 Å². The Morgan fingerprint density at radius 3 is 2.77 bits per heavy atom. The third-order valence-corrected chi connectivity index (χ3v) is 7.15. The number of aromatic nitrogens is 2. The zero-order valence-electron chi connectivity index (χ0n) is 16.1. The summed E-state index contributed by atoms with van der Waals surface area (Å²) in [5.41, 5.74) is 1.83. The molecule has 2 aliphatic rings. The van der Waals surface area contributed by atoms with Gasteiger partial charge in [0.25, 0.3) is 0 Å². The first-order valence-electron chi connectivity index (χ1n) is 9.65. The Kier molecular flexibility index (Phi) is 4.42. The Labute approximate surface area is 182 Å². The standard InChI is InChI=1S/C22H18Cl2FN3O2/c1-22-8-12(7-17(29)30)20(22)28(9-22)21-18-13(11-2-4-14(23)15(24)6-11)3-5-16(25)19(18)26-10-27-21/h2-6,10,12,20H,7-9H2,1H3,(H,29,30). The van der Waals surface area contributed by atoms with Crippen molar-refractivity contribution >= 4 is 45.9 Å². The van der Waals surface area contributed by atoms with Crippen LogP contribution in [-0.4, -0.2) is 33.6 Å². The van der Waals surface area contributed by atoms with E-state index in [1.165, 1.54) is 12.4 Å². The van der Waals surface area contributed by atoms with Crippen molar-refractivity contribution in [2.75, 3.05) is 11.4 Å². The lowest BCUT2D eigenvalue weighted by Crippen LogP contribution is -2.74. The molecule has 1 saturated carbocycles. The molecule has 154 valence electrons. The number of carboxylic acid groups (broad SMARTS) is 1. The predicted octanol–water partition coefficient (Wildman–Crippen LogP) is 5.43. The van der Waals surface area contributed by atoms with Crippen molar-refractivity contribution < 1.29 is 14.3 Å². The van der Waals surface area contributed by atoms with Gasteiger partial charge in [0.05, 0.1) is 21.9 Å². The normalized spacial score (nSPS) is 24.9. The molecule has 3 atom stereocenters. The maximum Gasteiger partial charge on any atom is 0.303 e. The lowest BCUT2D eigenvalue weighted by molar-refractivity contribution is -0.142. The molecule has 1 aromatic heterocycles. The highest BCUT2D eigenvalue weighted by Gasteiger charge is 2.62. The summed E-state index contributed by atoms with van der Waals surface area (Å²) in [5, 5.41) is 10.7. The number of nitrogens with zero attached hydrogens (tertiary/aromatic N) is 3. The minimum Gasteiger partial charge on any atom is -0.481 e. The molecule has 2 aromatic carbocycles. The van der Waals surface area contributed by atoms with Gasteiger partial charge in [0.15, 0.2) is 0 Å². The molecular formula is C22H18Cl2FN3O2. The smallest absolute Gasteiger partial charge is 0.303 e. The molecule has 1 saturated heterocycles. The van der Waals surface area contributed by atoms with E-state index in [-0.39, 0.29) is 29.3 Å². The summed E-state index contributed by atoms with van der Waals surface area (Å²) >= 11 is 12.3. The number of piperidine rings is 1. The number of fused-ring (bicyclic) bond motifs is 2. The van der Waals surface area contributed by atoms with E-state index in [9.17, 15) is 14.3 Å². The number of aliphatic carboxylic acids is 1. The van der Waals surface area contributed by atoms with Crippen molar-refractivity contribution in [1.29, 1.82) is 0 Å². The van der Waals surface area contributed by atoms with Crippen LogP contribution < -0.4 is 4.90 Å². The van der Waals surface area contributed by atoms with Gasteiger partial charge in [-0.1, -0.05) is 42.3 Å². The fraction of sp³-hybridized carbons (Fsp3) is 0.318. The number of rotatable bonds is 4. The number of benzene rings is 2. The van der Waals surface area contributed by atoms with Crippen LogP contribution in [0.15, 0.2) is 36.7 Å². The molecule has 3 unspecified atom stereocenters. The van der Waals surface area contributed by atoms with Gasteiger partial charge >= 0.3 is 5.97 Å². The largest absolute Gasteiger partial charge is 0.481 e. The second-order valence-corrected chi connectivity index (χ2v) is 9.25. The monoisotopic (exact) mass is 445 g/mol. The lowest BCUT2D eigenvalue weighted by Gasteiger charge is -2.68. The van der Waals surface area contributed by atoms with E-state index in [0.717, 1.165) is 24.1 Å². The van der Waals surface area contributed by atoms with Crippen molar-refractivity contribution in [3.8, 4) is 11.1 Å². The molecule has 0 amide bonds. The molecule has 2 fully saturated rings. The summed E-state index contributed by atoms with van der Waals surface area (Å²) in [5.74, 6) is -0.563. The maximum absolute atomic E-state index is 14.7. The number of carbonyl (C=O) groups is 1. The quantitative estimate of drug-likeness (QED) is 0.579. The van der Waals surface area contributed by atoms with Crippen LogP contribution in [0.4, 0.5) is 10.2 Å². The molecule has 3 aromatic rings. The van der Waals surface area contributed by atoms with E-state index in [1.807, 2.05) is 6.07 Å². The third-order valence-electron chi connectivity index (χ3n) is 6.42. The molecule has 5 rings (SSSR count). The molecule has 8 heteroatoms. The minimum atomic E-state index is -0.802. The highest BCUT2D eigenvalue weighted by atomic mass is 35.5. The Morgan fingerprint density at radius 1 is 1.27 bits per heavy atom. The molecule has 0 spiro atoms. The zero-order chi connectivity index (χ0) is 21.2. The summed E-state index contributed by atoms with van der Waals surface area (Å²) in [6.07, 6.45) is 2.35. The van der Waals surface area contributed by atoms with E-state index in [2.05, 4.69) is 21.8 Å². The van der Waals surface area contributed by atoms with Crippen LogP contribution in [0.2, 0.25) is 10.0 Å². The molecule has 30 heavy (non-hydrogen) atoms. The topological polar surface area (TPSA) is 66.3 Å². The average molecular weight is 446 g/mol.